The second kappa shape index (κ2) is 5.52. The van der Waals surface area contributed by atoms with E-state index in [4.69, 9.17) is 17.0 Å². The Morgan fingerprint density at radius 2 is 2.05 bits per heavy atom. The zero-order valence-corrected chi connectivity index (χ0v) is 13.3. The summed E-state index contributed by atoms with van der Waals surface area (Å²) >= 11 is 8.98. The normalized spacial score (nSPS) is 11.1. The third kappa shape index (κ3) is 2.32. The van der Waals surface area contributed by atoms with Crippen LogP contribution < -0.4 is 0 Å². The van der Waals surface area contributed by atoms with Gasteiger partial charge in [0.25, 0.3) is 0 Å². The molecule has 0 spiro atoms. The first-order valence-corrected chi connectivity index (χ1v) is 7.38. The number of aromatic nitrogens is 2. The van der Waals surface area contributed by atoms with Gasteiger partial charge in [-0.15, -0.1) is 0 Å². The van der Waals surface area contributed by atoms with Crippen LogP contribution in [-0.2, 0) is 11.3 Å². The van der Waals surface area contributed by atoms with Crippen LogP contribution in [0.1, 0.15) is 5.56 Å². The molecule has 0 aliphatic rings. The van der Waals surface area contributed by atoms with Crippen LogP contribution in [0, 0.1) is 4.77 Å². The monoisotopic (exact) mass is 348 g/mol. The summed E-state index contributed by atoms with van der Waals surface area (Å²) in [4.78, 5) is 3.24. The smallest absolute Gasteiger partial charge is 0.182 e. The second-order valence-electron chi connectivity index (χ2n) is 4.49. The van der Waals surface area contributed by atoms with Gasteiger partial charge in [-0.25, -0.2) is 0 Å². The van der Waals surface area contributed by atoms with E-state index < -0.39 is 0 Å². The van der Waals surface area contributed by atoms with Crippen LogP contribution in [0.25, 0.3) is 16.7 Å². The van der Waals surface area contributed by atoms with Crippen LogP contribution in [0.4, 0.5) is 0 Å². The van der Waals surface area contributed by atoms with Gasteiger partial charge in [0.1, 0.15) is 0 Å². The van der Waals surface area contributed by atoms with Gasteiger partial charge in [0.15, 0.2) is 4.77 Å². The summed E-state index contributed by atoms with van der Waals surface area (Å²) in [6.45, 7) is 0.554. The van der Waals surface area contributed by atoms with Gasteiger partial charge in [-0.1, -0.05) is 34.1 Å². The molecule has 20 heavy (non-hydrogen) atoms. The Morgan fingerprint density at radius 3 is 2.85 bits per heavy atom. The molecule has 0 aliphatic heterocycles. The maximum atomic E-state index is 5.47. The number of halogens is 1. The average molecular weight is 349 g/mol. The van der Waals surface area contributed by atoms with Crippen LogP contribution in [0.5, 0.6) is 0 Å². The molecule has 3 aromatic rings. The third-order valence-electron chi connectivity index (χ3n) is 3.18. The molecule has 0 unspecified atom stereocenters. The van der Waals surface area contributed by atoms with E-state index in [1.54, 1.807) is 7.11 Å². The van der Waals surface area contributed by atoms with Crippen LogP contribution in [-0.4, -0.2) is 16.7 Å². The highest BCUT2D eigenvalue weighted by atomic mass is 79.9. The van der Waals surface area contributed by atoms with E-state index in [-0.39, 0.29) is 0 Å². The van der Waals surface area contributed by atoms with Crippen molar-refractivity contribution in [3.05, 3.63) is 57.3 Å². The number of nitrogens with zero attached hydrogens (tertiary/aromatic N) is 1. The minimum Gasteiger partial charge on any atom is -0.380 e. The highest BCUT2D eigenvalue weighted by Gasteiger charge is 2.10. The Hall–Kier alpha value is -1.43. The molecule has 0 bridgehead atoms. The van der Waals surface area contributed by atoms with E-state index in [0.29, 0.717) is 11.4 Å². The van der Waals surface area contributed by atoms with Crippen molar-refractivity contribution in [3.63, 3.8) is 0 Å². The zero-order chi connectivity index (χ0) is 14.1. The van der Waals surface area contributed by atoms with E-state index in [1.807, 2.05) is 28.8 Å². The number of hydrogen-bond donors (Lipinski definition) is 1. The van der Waals surface area contributed by atoms with E-state index >= 15 is 0 Å². The molecule has 1 aromatic heterocycles. The minimum atomic E-state index is 0.554. The number of hydrogen-bond acceptors (Lipinski definition) is 2. The molecule has 5 heteroatoms. The van der Waals surface area contributed by atoms with Crippen LogP contribution in [0.2, 0.25) is 0 Å². The molecule has 2 aromatic carbocycles. The van der Waals surface area contributed by atoms with Crippen molar-refractivity contribution < 1.29 is 4.74 Å². The summed E-state index contributed by atoms with van der Waals surface area (Å²) in [5, 5.41) is 0. The Labute approximate surface area is 130 Å². The van der Waals surface area contributed by atoms with Crippen LogP contribution in [0.15, 0.2) is 46.9 Å². The molecule has 0 amide bonds. The fraction of sp³-hybridized carbons (Fsp3) is 0.133. The van der Waals surface area contributed by atoms with Gasteiger partial charge in [-0.05, 0) is 36.5 Å². The summed E-state index contributed by atoms with van der Waals surface area (Å²) in [5.41, 5.74) is 4.22. The fourth-order valence-corrected chi connectivity index (χ4v) is 2.98. The Balaban J connectivity index is 2.32. The number of benzene rings is 2. The van der Waals surface area contributed by atoms with Crippen molar-refractivity contribution in [2.75, 3.05) is 7.11 Å². The maximum Gasteiger partial charge on any atom is 0.182 e. The highest BCUT2D eigenvalue weighted by Crippen LogP contribution is 2.25. The fourth-order valence-electron chi connectivity index (χ4n) is 2.32. The lowest BCUT2D eigenvalue weighted by Gasteiger charge is -2.10. The number of para-hydroxylation sites is 1. The number of fused-ring (bicyclic) bond motifs is 1. The first kappa shape index (κ1) is 13.5. The number of imidazole rings is 1. The van der Waals surface area contributed by atoms with Crippen molar-refractivity contribution in [2.24, 2.45) is 0 Å². The molecule has 0 saturated heterocycles. The Morgan fingerprint density at radius 1 is 1.25 bits per heavy atom. The van der Waals surface area contributed by atoms with Crippen molar-refractivity contribution in [3.8, 4) is 5.69 Å². The summed E-state index contributed by atoms with van der Waals surface area (Å²) < 4.78 is 9.03. The van der Waals surface area contributed by atoms with E-state index in [0.717, 1.165) is 26.8 Å². The summed E-state index contributed by atoms with van der Waals surface area (Å²) in [7, 11) is 1.70. The van der Waals surface area contributed by atoms with Gasteiger partial charge in [-0.3, -0.25) is 4.57 Å². The number of methoxy groups -OCH3 is 1. The maximum absolute atomic E-state index is 5.47. The summed E-state index contributed by atoms with van der Waals surface area (Å²) in [5.74, 6) is 0. The number of aromatic amines is 1. The van der Waals surface area contributed by atoms with Gasteiger partial charge in [0, 0.05) is 17.1 Å². The molecule has 0 saturated carbocycles. The number of rotatable bonds is 3. The Bertz CT molecular complexity index is 822. The molecule has 3 nitrogen and oxygen atoms in total. The lowest BCUT2D eigenvalue weighted by atomic mass is 10.2. The highest BCUT2D eigenvalue weighted by molar-refractivity contribution is 9.10. The van der Waals surface area contributed by atoms with E-state index in [1.165, 1.54) is 0 Å². The lowest BCUT2D eigenvalue weighted by Crippen LogP contribution is -2.00. The van der Waals surface area contributed by atoms with Crippen molar-refractivity contribution in [1.82, 2.24) is 9.55 Å². The largest absolute Gasteiger partial charge is 0.380 e. The predicted molar refractivity (Wildman–Crippen MR) is 86.9 cm³/mol. The molecule has 1 heterocycles. The molecule has 0 radical (unpaired) electrons. The first-order valence-electron chi connectivity index (χ1n) is 6.18. The molecule has 3 rings (SSSR count). The standard InChI is InChI=1S/C15H13BrN2OS/c1-19-9-10-4-2-3-5-13(10)18-14-8-11(16)6-7-12(14)17-15(18)20/h2-8H,9H2,1H3,(H,17,20). The van der Waals surface area contributed by atoms with Gasteiger partial charge in [-0.2, -0.15) is 0 Å². The molecule has 0 aliphatic carbocycles. The van der Waals surface area contributed by atoms with Crippen LogP contribution >= 0.6 is 28.1 Å². The van der Waals surface area contributed by atoms with Gasteiger partial charge in [0.2, 0.25) is 0 Å². The molecule has 1 N–H and O–H groups in total. The molecule has 0 fully saturated rings. The van der Waals surface area contributed by atoms with Gasteiger partial charge < -0.3 is 9.72 Å². The quantitative estimate of drug-likeness (QED) is 0.701. The Kier molecular flexibility index (Phi) is 3.74. The molecular formula is C15H13BrN2OS. The zero-order valence-electron chi connectivity index (χ0n) is 10.9. The van der Waals surface area contributed by atoms with E-state index in [9.17, 15) is 0 Å². The second-order valence-corrected chi connectivity index (χ2v) is 5.79. The van der Waals surface area contributed by atoms with Gasteiger partial charge >= 0.3 is 0 Å². The topological polar surface area (TPSA) is 29.9 Å². The number of ether oxygens (including phenoxy) is 1. The molecular weight excluding hydrogens is 336 g/mol. The van der Waals surface area contributed by atoms with Crippen molar-refractivity contribution >= 4 is 39.2 Å². The van der Waals surface area contributed by atoms with Crippen molar-refractivity contribution in [1.29, 1.82) is 0 Å². The number of H-pyrrole nitrogens is 1. The van der Waals surface area contributed by atoms with E-state index in [2.05, 4.69) is 39.1 Å². The van der Waals surface area contributed by atoms with Gasteiger partial charge in [0.05, 0.1) is 23.3 Å². The molecule has 102 valence electrons. The number of nitrogens with one attached hydrogen (secondary N) is 1. The minimum absolute atomic E-state index is 0.554. The van der Waals surface area contributed by atoms with Crippen molar-refractivity contribution in [2.45, 2.75) is 6.61 Å². The first-order chi connectivity index (χ1) is 9.70. The SMILES string of the molecule is COCc1ccccc1-n1c(=S)[nH]c2ccc(Br)cc21. The predicted octanol–water partition coefficient (Wildman–Crippen LogP) is 4.60. The lowest BCUT2D eigenvalue weighted by molar-refractivity contribution is 0.185. The van der Waals surface area contributed by atoms with Crippen LogP contribution in [0.3, 0.4) is 0 Å². The molecule has 0 atom stereocenters. The average Bonchev–Trinajstić information content (AvgIpc) is 2.75. The summed E-state index contributed by atoms with van der Waals surface area (Å²) in [6, 6.07) is 14.2. The third-order valence-corrected chi connectivity index (χ3v) is 3.96. The summed E-state index contributed by atoms with van der Waals surface area (Å²) in [6.07, 6.45) is 0.